The lowest BCUT2D eigenvalue weighted by Gasteiger charge is -2.10. The number of fused-ring (bicyclic) bond motifs is 1. The van der Waals surface area contributed by atoms with E-state index in [1.54, 1.807) is 6.07 Å². The summed E-state index contributed by atoms with van der Waals surface area (Å²) in [7, 11) is 0. The molecule has 1 aliphatic rings. The highest BCUT2D eigenvalue weighted by molar-refractivity contribution is 5.38. The van der Waals surface area contributed by atoms with E-state index in [-0.39, 0.29) is 24.3 Å². The van der Waals surface area contributed by atoms with Crippen LogP contribution in [0.3, 0.4) is 0 Å². The molecule has 1 aliphatic carbocycles. The molecule has 1 N–H and O–H groups in total. The van der Waals surface area contributed by atoms with Crippen LogP contribution in [0.2, 0.25) is 0 Å². The Morgan fingerprint density at radius 2 is 2.36 bits per heavy atom. The number of nitriles is 1. The van der Waals surface area contributed by atoms with E-state index >= 15 is 0 Å². The Kier molecular flexibility index (Phi) is 2.22. The van der Waals surface area contributed by atoms with Gasteiger partial charge in [0.25, 0.3) is 0 Å². The number of benzene rings is 1. The fraction of sp³-hybridized carbons (Fsp3) is 0.364. The lowest BCUT2D eigenvalue weighted by Crippen LogP contribution is -2.09. The average molecular weight is 191 g/mol. The molecule has 0 bridgehead atoms. The van der Waals surface area contributed by atoms with E-state index in [9.17, 15) is 4.39 Å². The molecule has 1 aromatic carbocycles. The van der Waals surface area contributed by atoms with Gasteiger partial charge in [-0.1, -0.05) is 6.07 Å². The number of hydrogen-bond acceptors (Lipinski definition) is 2. The maximum Gasteiger partial charge on any atom is 0.123 e. The van der Waals surface area contributed by atoms with Gasteiger partial charge in [-0.05, 0) is 29.7 Å². The molecule has 3 heteroatoms. The zero-order valence-electron chi connectivity index (χ0n) is 7.57. The molecule has 0 amide bonds. The van der Waals surface area contributed by atoms with Gasteiger partial charge in [-0.3, -0.25) is 0 Å². The molecule has 0 aliphatic heterocycles. The minimum atomic E-state index is -0.279. The first-order chi connectivity index (χ1) is 6.76. The topological polar surface area (TPSA) is 44.0 Å². The number of aliphatic hydroxyl groups is 1. The number of rotatable bonds is 1. The van der Waals surface area contributed by atoms with Crippen molar-refractivity contribution in [2.75, 3.05) is 6.61 Å². The average Bonchev–Trinajstić information content (AvgIpc) is 2.54. The Balaban J connectivity index is 2.43. The molecule has 0 fully saturated rings. The van der Waals surface area contributed by atoms with Gasteiger partial charge in [-0.2, -0.15) is 5.26 Å². The van der Waals surface area contributed by atoms with E-state index in [1.165, 1.54) is 12.1 Å². The van der Waals surface area contributed by atoms with Crippen molar-refractivity contribution >= 4 is 0 Å². The summed E-state index contributed by atoms with van der Waals surface area (Å²) in [6.45, 7) is -0.0448. The van der Waals surface area contributed by atoms with Crippen molar-refractivity contribution in [2.45, 2.75) is 12.3 Å². The fourth-order valence-corrected chi connectivity index (χ4v) is 2.07. The first kappa shape index (κ1) is 9.17. The van der Waals surface area contributed by atoms with Gasteiger partial charge in [0.1, 0.15) is 5.82 Å². The Labute approximate surface area is 81.6 Å². The largest absolute Gasteiger partial charge is 0.396 e. The van der Waals surface area contributed by atoms with Gasteiger partial charge in [0.05, 0.1) is 18.6 Å². The van der Waals surface area contributed by atoms with Crippen molar-refractivity contribution in [1.82, 2.24) is 0 Å². The van der Waals surface area contributed by atoms with Crippen LogP contribution in [0.15, 0.2) is 18.2 Å². The van der Waals surface area contributed by atoms with E-state index in [1.807, 2.05) is 0 Å². The van der Waals surface area contributed by atoms with Crippen LogP contribution in [0.1, 0.15) is 17.0 Å². The second-order valence-electron chi connectivity index (χ2n) is 3.57. The van der Waals surface area contributed by atoms with E-state index in [2.05, 4.69) is 6.07 Å². The maximum atomic E-state index is 12.9. The van der Waals surface area contributed by atoms with Crippen LogP contribution < -0.4 is 0 Å². The van der Waals surface area contributed by atoms with Crippen LogP contribution in [-0.4, -0.2) is 11.7 Å². The molecular formula is C11H10FNO. The summed E-state index contributed by atoms with van der Waals surface area (Å²) in [5, 5.41) is 18.0. The Morgan fingerprint density at radius 3 is 3.00 bits per heavy atom. The molecular weight excluding hydrogens is 181 g/mol. The van der Waals surface area contributed by atoms with Crippen molar-refractivity contribution in [2.24, 2.45) is 5.92 Å². The zero-order valence-corrected chi connectivity index (χ0v) is 7.57. The maximum absolute atomic E-state index is 12.9. The van der Waals surface area contributed by atoms with Gasteiger partial charge in [0, 0.05) is 5.92 Å². The van der Waals surface area contributed by atoms with Gasteiger partial charge in [0.15, 0.2) is 0 Å². The summed E-state index contributed by atoms with van der Waals surface area (Å²) in [6.07, 6.45) is 0.550. The Bertz CT molecular complexity index is 397. The molecule has 14 heavy (non-hydrogen) atoms. The summed E-state index contributed by atoms with van der Waals surface area (Å²) in [4.78, 5) is 0. The second-order valence-corrected chi connectivity index (χ2v) is 3.57. The number of halogens is 1. The van der Waals surface area contributed by atoms with Crippen LogP contribution in [0.25, 0.3) is 0 Å². The monoisotopic (exact) mass is 191 g/mol. The number of nitrogens with zero attached hydrogens (tertiary/aromatic N) is 1. The standard InChI is InChI=1S/C11H10FNO/c12-9-1-2-10-7(4-9)3-8(5-13)11(10)6-14/h1-2,4,8,11,14H,3,6H2. The summed E-state index contributed by atoms with van der Waals surface area (Å²) < 4.78 is 12.9. The van der Waals surface area contributed by atoms with E-state index < -0.39 is 0 Å². The molecule has 0 radical (unpaired) electrons. The third-order valence-corrected chi connectivity index (χ3v) is 2.79. The Morgan fingerprint density at radius 1 is 1.57 bits per heavy atom. The normalized spacial score (nSPS) is 24.4. The molecule has 0 spiro atoms. The summed E-state index contributed by atoms with van der Waals surface area (Å²) in [5.41, 5.74) is 1.77. The summed E-state index contributed by atoms with van der Waals surface area (Å²) in [6, 6.07) is 6.65. The first-order valence-electron chi connectivity index (χ1n) is 4.55. The van der Waals surface area contributed by atoms with Crippen LogP contribution in [0, 0.1) is 23.1 Å². The van der Waals surface area contributed by atoms with Crippen LogP contribution >= 0.6 is 0 Å². The molecule has 0 saturated heterocycles. The van der Waals surface area contributed by atoms with Crippen molar-refractivity contribution in [3.05, 3.63) is 35.1 Å². The predicted octanol–water partition coefficient (Wildman–Crippen LogP) is 1.60. The van der Waals surface area contributed by atoms with Gasteiger partial charge < -0.3 is 5.11 Å². The minimum absolute atomic E-state index is 0.0448. The van der Waals surface area contributed by atoms with Crippen LogP contribution in [0.5, 0.6) is 0 Å². The van der Waals surface area contributed by atoms with Gasteiger partial charge >= 0.3 is 0 Å². The molecule has 2 nitrogen and oxygen atoms in total. The first-order valence-corrected chi connectivity index (χ1v) is 4.55. The molecule has 2 rings (SSSR count). The molecule has 0 heterocycles. The number of hydrogen-bond donors (Lipinski definition) is 1. The lowest BCUT2D eigenvalue weighted by molar-refractivity contribution is 0.250. The van der Waals surface area contributed by atoms with Crippen molar-refractivity contribution < 1.29 is 9.50 Å². The number of aliphatic hydroxyl groups excluding tert-OH is 1. The minimum Gasteiger partial charge on any atom is -0.396 e. The Hall–Kier alpha value is -1.40. The molecule has 0 aromatic heterocycles. The van der Waals surface area contributed by atoms with Crippen molar-refractivity contribution in [3.63, 3.8) is 0 Å². The van der Waals surface area contributed by atoms with Crippen molar-refractivity contribution in [1.29, 1.82) is 5.26 Å². The smallest absolute Gasteiger partial charge is 0.123 e. The molecule has 0 saturated carbocycles. The second kappa shape index (κ2) is 3.39. The lowest BCUT2D eigenvalue weighted by atomic mass is 9.95. The van der Waals surface area contributed by atoms with Gasteiger partial charge in [-0.15, -0.1) is 0 Å². The van der Waals surface area contributed by atoms with Gasteiger partial charge in [-0.25, -0.2) is 4.39 Å². The molecule has 72 valence electrons. The summed E-state index contributed by atoms with van der Waals surface area (Å²) in [5.74, 6) is -0.633. The van der Waals surface area contributed by atoms with Crippen LogP contribution in [0.4, 0.5) is 4.39 Å². The molecule has 2 unspecified atom stereocenters. The van der Waals surface area contributed by atoms with Crippen LogP contribution in [-0.2, 0) is 6.42 Å². The predicted molar refractivity (Wildman–Crippen MR) is 49.0 cm³/mol. The quantitative estimate of drug-likeness (QED) is 0.732. The third-order valence-electron chi connectivity index (χ3n) is 2.79. The zero-order chi connectivity index (χ0) is 10.1. The third kappa shape index (κ3) is 1.28. The van der Waals surface area contributed by atoms with E-state index in [0.29, 0.717) is 6.42 Å². The molecule has 2 atom stereocenters. The fourth-order valence-electron chi connectivity index (χ4n) is 2.07. The highest BCUT2D eigenvalue weighted by Crippen LogP contribution is 2.37. The highest BCUT2D eigenvalue weighted by atomic mass is 19.1. The van der Waals surface area contributed by atoms with E-state index in [0.717, 1.165) is 11.1 Å². The van der Waals surface area contributed by atoms with E-state index in [4.69, 9.17) is 10.4 Å². The summed E-state index contributed by atoms with van der Waals surface area (Å²) >= 11 is 0. The molecule has 1 aromatic rings. The highest BCUT2D eigenvalue weighted by Gasteiger charge is 2.31. The SMILES string of the molecule is N#CC1Cc2cc(F)ccc2C1CO. The van der Waals surface area contributed by atoms with Gasteiger partial charge in [0.2, 0.25) is 0 Å². The van der Waals surface area contributed by atoms with Crippen molar-refractivity contribution in [3.8, 4) is 6.07 Å².